The van der Waals surface area contributed by atoms with Crippen molar-refractivity contribution in [3.63, 3.8) is 0 Å². The molecule has 80 valence electrons. The summed E-state index contributed by atoms with van der Waals surface area (Å²) in [6.45, 7) is 4.07. The van der Waals surface area contributed by atoms with E-state index in [0.717, 1.165) is 11.2 Å². The van der Waals surface area contributed by atoms with Gasteiger partial charge in [-0.25, -0.2) is 0 Å². The Hall–Kier alpha value is -1.14. The Balaban J connectivity index is 3.05. The number of nitrogens with zero attached hydrogens (tertiary/aromatic N) is 1. The Bertz CT molecular complexity index is 350. The average molecular weight is 221 g/mol. The second-order valence-corrected chi connectivity index (χ2v) is 4.87. The highest BCUT2D eigenvalue weighted by Gasteiger charge is 2.36. The first-order chi connectivity index (χ1) is 7.17. The van der Waals surface area contributed by atoms with E-state index in [2.05, 4.69) is 6.07 Å². The van der Waals surface area contributed by atoms with Crippen molar-refractivity contribution in [2.75, 3.05) is 0 Å². The van der Waals surface area contributed by atoms with E-state index >= 15 is 0 Å². The fourth-order valence-corrected chi connectivity index (χ4v) is 2.81. The molecule has 1 rings (SSSR count). The molecule has 1 unspecified atom stereocenters. The fourth-order valence-electron chi connectivity index (χ4n) is 1.76. The lowest BCUT2D eigenvalue weighted by Gasteiger charge is -2.29. The van der Waals surface area contributed by atoms with Crippen molar-refractivity contribution in [2.45, 2.75) is 32.1 Å². The van der Waals surface area contributed by atoms with Crippen LogP contribution in [0.15, 0.2) is 17.5 Å². The number of aldehydes is 1. The van der Waals surface area contributed by atoms with Crippen LogP contribution in [-0.4, -0.2) is 6.29 Å². The Labute approximate surface area is 94.5 Å². The van der Waals surface area contributed by atoms with E-state index < -0.39 is 5.41 Å². The van der Waals surface area contributed by atoms with Gasteiger partial charge in [0.2, 0.25) is 0 Å². The molecule has 0 saturated heterocycles. The molecule has 2 nitrogen and oxygen atoms in total. The molecule has 0 saturated carbocycles. The highest BCUT2D eigenvalue weighted by atomic mass is 32.1. The van der Waals surface area contributed by atoms with Gasteiger partial charge in [0.1, 0.15) is 6.29 Å². The smallest absolute Gasteiger partial charge is 0.120 e. The van der Waals surface area contributed by atoms with Gasteiger partial charge in [-0.1, -0.05) is 19.9 Å². The van der Waals surface area contributed by atoms with Crippen LogP contribution >= 0.6 is 11.3 Å². The van der Waals surface area contributed by atoms with Crippen molar-refractivity contribution in [1.29, 1.82) is 5.26 Å². The molecule has 0 amide bonds. The van der Waals surface area contributed by atoms with E-state index in [1.165, 1.54) is 0 Å². The Morgan fingerprint density at radius 3 is 2.80 bits per heavy atom. The molecule has 0 aliphatic carbocycles. The summed E-state index contributed by atoms with van der Waals surface area (Å²) >= 11 is 1.59. The van der Waals surface area contributed by atoms with Crippen molar-refractivity contribution >= 4 is 17.6 Å². The van der Waals surface area contributed by atoms with Gasteiger partial charge in [-0.2, -0.15) is 5.26 Å². The number of nitriles is 1. The number of rotatable bonds is 5. The molecule has 0 spiro atoms. The van der Waals surface area contributed by atoms with Gasteiger partial charge < -0.3 is 4.79 Å². The molecular weight excluding hydrogens is 206 g/mol. The average Bonchev–Trinajstić information content (AvgIpc) is 2.73. The number of carbonyl (C=O) groups excluding carboxylic acids is 1. The summed E-state index contributed by atoms with van der Waals surface area (Å²) in [5.74, 6) is 0.223. The zero-order chi connectivity index (χ0) is 11.3. The number of hydrogen-bond donors (Lipinski definition) is 0. The third-order valence-corrected chi connectivity index (χ3v) is 3.85. The first-order valence-corrected chi connectivity index (χ1v) is 5.94. The molecule has 0 bridgehead atoms. The zero-order valence-electron chi connectivity index (χ0n) is 9.06. The van der Waals surface area contributed by atoms with E-state index in [1.807, 2.05) is 31.4 Å². The molecule has 3 heteroatoms. The summed E-state index contributed by atoms with van der Waals surface area (Å²) < 4.78 is 0. The number of carbonyl (C=O) groups is 1. The number of thiophene rings is 1. The second-order valence-electron chi connectivity index (χ2n) is 3.92. The zero-order valence-corrected chi connectivity index (χ0v) is 9.88. The summed E-state index contributed by atoms with van der Waals surface area (Å²) in [6.07, 6.45) is 1.96. The Morgan fingerprint density at radius 1 is 1.67 bits per heavy atom. The minimum atomic E-state index is -0.491. The normalized spacial score (nSPS) is 14.5. The molecular formula is C12H15NOS. The fraction of sp³-hybridized carbons (Fsp3) is 0.500. The van der Waals surface area contributed by atoms with E-state index in [9.17, 15) is 10.1 Å². The highest BCUT2D eigenvalue weighted by molar-refractivity contribution is 7.10. The molecule has 0 radical (unpaired) electrons. The minimum absolute atomic E-state index is 0.223. The summed E-state index contributed by atoms with van der Waals surface area (Å²) in [5.41, 5.74) is -0.491. The van der Waals surface area contributed by atoms with Crippen LogP contribution in [0.2, 0.25) is 0 Å². The van der Waals surface area contributed by atoms with Crippen LogP contribution in [0.3, 0.4) is 0 Å². The molecule has 1 aromatic heterocycles. The van der Waals surface area contributed by atoms with E-state index in [1.54, 1.807) is 11.3 Å². The van der Waals surface area contributed by atoms with Gasteiger partial charge in [0.15, 0.2) is 0 Å². The van der Waals surface area contributed by atoms with Gasteiger partial charge in [0.25, 0.3) is 0 Å². The lowest BCUT2D eigenvalue weighted by molar-refractivity contribution is -0.108. The van der Waals surface area contributed by atoms with E-state index in [0.29, 0.717) is 12.8 Å². The van der Waals surface area contributed by atoms with E-state index in [4.69, 9.17) is 0 Å². The first kappa shape index (κ1) is 11.9. The van der Waals surface area contributed by atoms with Crippen molar-refractivity contribution in [3.05, 3.63) is 22.4 Å². The monoisotopic (exact) mass is 221 g/mol. The SMILES string of the molecule is CC(C)C(C#N)(CCC=O)c1cccs1. The quantitative estimate of drug-likeness (QED) is 0.717. The maximum Gasteiger partial charge on any atom is 0.120 e. The van der Waals surface area contributed by atoms with Gasteiger partial charge in [0.05, 0.1) is 11.5 Å². The van der Waals surface area contributed by atoms with Crippen molar-refractivity contribution in [1.82, 2.24) is 0 Å². The van der Waals surface area contributed by atoms with Gasteiger partial charge in [-0.15, -0.1) is 11.3 Å². The summed E-state index contributed by atoms with van der Waals surface area (Å²) in [7, 11) is 0. The standard InChI is InChI=1S/C12H15NOS/c1-10(2)12(9-13,6-4-7-14)11-5-3-8-15-11/h3,5,7-8,10H,4,6H2,1-2H3. The highest BCUT2D eigenvalue weighted by Crippen LogP contribution is 2.38. The molecule has 0 fully saturated rings. The maximum atomic E-state index is 10.5. The predicted molar refractivity (Wildman–Crippen MR) is 61.7 cm³/mol. The second kappa shape index (κ2) is 5.09. The molecule has 0 aliphatic heterocycles. The molecule has 1 atom stereocenters. The maximum absolute atomic E-state index is 10.5. The number of hydrogen-bond acceptors (Lipinski definition) is 3. The van der Waals surface area contributed by atoms with Crippen LogP contribution < -0.4 is 0 Å². The van der Waals surface area contributed by atoms with Gasteiger partial charge in [0, 0.05) is 11.3 Å². The Morgan fingerprint density at radius 2 is 2.40 bits per heavy atom. The van der Waals surface area contributed by atoms with Crippen LogP contribution in [0, 0.1) is 17.2 Å². The third-order valence-electron chi connectivity index (χ3n) is 2.80. The first-order valence-electron chi connectivity index (χ1n) is 5.06. The topological polar surface area (TPSA) is 40.9 Å². The third kappa shape index (κ3) is 2.27. The summed E-state index contributed by atoms with van der Waals surface area (Å²) in [6, 6.07) is 6.34. The van der Waals surface area contributed by atoms with Crippen molar-refractivity contribution < 1.29 is 4.79 Å². The Kier molecular flexibility index (Phi) is 4.05. The van der Waals surface area contributed by atoms with Crippen LogP contribution in [0.4, 0.5) is 0 Å². The molecule has 1 heterocycles. The summed E-state index contributed by atoms with van der Waals surface area (Å²) in [5, 5.41) is 11.4. The molecule has 0 N–H and O–H groups in total. The largest absolute Gasteiger partial charge is 0.303 e. The lowest BCUT2D eigenvalue weighted by Crippen LogP contribution is -2.29. The molecule has 0 aliphatic rings. The molecule has 1 aromatic rings. The van der Waals surface area contributed by atoms with Gasteiger partial charge in [-0.3, -0.25) is 0 Å². The van der Waals surface area contributed by atoms with Crippen LogP contribution in [0.1, 0.15) is 31.6 Å². The van der Waals surface area contributed by atoms with Gasteiger partial charge >= 0.3 is 0 Å². The van der Waals surface area contributed by atoms with Crippen LogP contribution in [-0.2, 0) is 10.2 Å². The summed E-state index contributed by atoms with van der Waals surface area (Å²) in [4.78, 5) is 11.5. The molecule has 0 aromatic carbocycles. The van der Waals surface area contributed by atoms with Crippen LogP contribution in [0.5, 0.6) is 0 Å². The van der Waals surface area contributed by atoms with Crippen molar-refractivity contribution in [2.24, 2.45) is 5.92 Å². The lowest BCUT2D eigenvalue weighted by atomic mass is 9.74. The van der Waals surface area contributed by atoms with Gasteiger partial charge in [-0.05, 0) is 23.8 Å². The van der Waals surface area contributed by atoms with Crippen LogP contribution in [0.25, 0.3) is 0 Å². The van der Waals surface area contributed by atoms with E-state index in [-0.39, 0.29) is 5.92 Å². The van der Waals surface area contributed by atoms with Crippen molar-refractivity contribution in [3.8, 4) is 6.07 Å². The predicted octanol–water partition coefficient (Wildman–Crippen LogP) is 3.14. The molecule has 15 heavy (non-hydrogen) atoms. The minimum Gasteiger partial charge on any atom is -0.303 e.